The van der Waals surface area contributed by atoms with Gasteiger partial charge >= 0.3 is 5.97 Å². The molecule has 3 aromatic rings. The van der Waals surface area contributed by atoms with Crippen LogP contribution in [0.5, 0.6) is 0 Å². The zero-order valence-electron chi connectivity index (χ0n) is 17.6. The van der Waals surface area contributed by atoms with Gasteiger partial charge in [-0.05, 0) is 55.0 Å². The van der Waals surface area contributed by atoms with Crippen LogP contribution in [0.3, 0.4) is 0 Å². The van der Waals surface area contributed by atoms with E-state index in [0.717, 1.165) is 14.9 Å². The van der Waals surface area contributed by atoms with Crippen molar-refractivity contribution in [2.24, 2.45) is 0 Å². The first-order valence-electron chi connectivity index (χ1n) is 10.1. The molecule has 4 rings (SSSR count). The van der Waals surface area contributed by atoms with Gasteiger partial charge in [-0.15, -0.1) is 0 Å². The lowest BCUT2D eigenvalue weighted by Gasteiger charge is -2.14. The van der Waals surface area contributed by atoms with Crippen molar-refractivity contribution >= 4 is 45.3 Å². The molecule has 166 valence electrons. The minimum absolute atomic E-state index is 0.0831. The molecular formula is C25H19BrN2O5. The van der Waals surface area contributed by atoms with Gasteiger partial charge < -0.3 is 10.1 Å². The third-order valence-electron chi connectivity index (χ3n) is 5.15. The fourth-order valence-corrected chi connectivity index (χ4v) is 3.65. The number of anilines is 1. The molecule has 1 N–H and O–H groups in total. The molecule has 0 aromatic heterocycles. The van der Waals surface area contributed by atoms with Crippen molar-refractivity contribution in [2.45, 2.75) is 19.6 Å². The van der Waals surface area contributed by atoms with Gasteiger partial charge in [-0.25, -0.2) is 4.79 Å². The number of amides is 3. The second-order valence-corrected chi connectivity index (χ2v) is 8.40. The van der Waals surface area contributed by atoms with Crippen molar-refractivity contribution in [3.8, 4) is 0 Å². The summed E-state index contributed by atoms with van der Waals surface area (Å²) in [6.07, 6.45) is -1.07. The fraction of sp³-hybridized carbons (Fsp3) is 0.120. The topological polar surface area (TPSA) is 92.8 Å². The Morgan fingerprint density at radius 3 is 2.30 bits per heavy atom. The van der Waals surface area contributed by atoms with E-state index in [1.54, 1.807) is 24.3 Å². The van der Waals surface area contributed by atoms with E-state index in [4.69, 9.17) is 4.74 Å². The maximum absolute atomic E-state index is 12.8. The third-order valence-corrected chi connectivity index (χ3v) is 5.68. The third kappa shape index (κ3) is 4.85. The molecule has 0 spiro atoms. The number of ether oxygens (including phenoxy) is 1. The van der Waals surface area contributed by atoms with E-state index in [2.05, 4.69) is 21.2 Å². The van der Waals surface area contributed by atoms with Gasteiger partial charge in [0.25, 0.3) is 17.7 Å². The molecular weight excluding hydrogens is 488 g/mol. The minimum Gasteiger partial charge on any atom is -0.449 e. The van der Waals surface area contributed by atoms with Crippen molar-refractivity contribution in [3.05, 3.63) is 99.5 Å². The van der Waals surface area contributed by atoms with Gasteiger partial charge in [-0.1, -0.05) is 46.3 Å². The second-order valence-electron chi connectivity index (χ2n) is 7.49. The van der Waals surface area contributed by atoms with Crippen molar-refractivity contribution < 1.29 is 23.9 Å². The normalized spacial score (nSPS) is 13.5. The molecule has 8 heteroatoms. The predicted octanol–water partition coefficient (Wildman–Crippen LogP) is 4.43. The van der Waals surface area contributed by atoms with Crippen molar-refractivity contribution in [3.63, 3.8) is 0 Å². The number of imide groups is 1. The predicted molar refractivity (Wildman–Crippen MR) is 125 cm³/mol. The molecule has 1 aliphatic heterocycles. The highest BCUT2D eigenvalue weighted by atomic mass is 79.9. The van der Waals surface area contributed by atoms with Crippen LogP contribution in [0.4, 0.5) is 5.69 Å². The second kappa shape index (κ2) is 9.38. The summed E-state index contributed by atoms with van der Waals surface area (Å²) < 4.78 is 6.14. The summed E-state index contributed by atoms with van der Waals surface area (Å²) in [6.45, 7) is 1.59. The van der Waals surface area contributed by atoms with Crippen LogP contribution < -0.4 is 5.32 Å². The number of rotatable bonds is 6. The van der Waals surface area contributed by atoms with E-state index < -0.39 is 29.8 Å². The van der Waals surface area contributed by atoms with E-state index in [0.29, 0.717) is 5.69 Å². The zero-order valence-corrected chi connectivity index (χ0v) is 19.2. The van der Waals surface area contributed by atoms with E-state index in [1.807, 2.05) is 30.3 Å². The minimum atomic E-state index is -1.07. The van der Waals surface area contributed by atoms with Crippen LogP contribution in [0.25, 0.3) is 0 Å². The number of hydrogen-bond donors (Lipinski definition) is 1. The molecule has 0 fully saturated rings. The van der Waals surface area contributed by atoms with Crippen molar-refractivity contribution in [1.29, 1.82) is 0 Å². The molecule has 1 aliphatic rings. The fourth-order valence-electron chi connectivity index (χ4n) is 3.39. The molecule has 0 saturated heterocycles. The van der Waals surface area contributed by atoms with Crippen molar-refractivity contribution in [2.75, 3.05) is 5.32 Å². The van der Waals surface area contributed by atoms with Crippen LogP contribution in [0.15, 0.2) is 77.3 Å². The highest BCUT2D eigenvalue weighted by Crippen LogP contribution is 2.26. The van der Waals surface area contributed by atoms with E-state index in [9.17, 15) is 19.2 Å². The number of halogens is 1. The molecule has 1 heterocycles. The SMILES string of the molecule is CC(OC(=O)c1ccc2c(c1)C(=O)N(Cc1ccccc1)C2=O)C(=O)Nc1ccc(Br)cc1. The lowest BCUT2D eigenvalue weighted by molar-refractivity contribution is -0.123. The Kier molecular flexibility index (Phi) is 6.37. The lowest BCUT2D eigenvalue weighted by Crippen LogP contribution is -2.30. The van der Waals surface area contributed by atoms with Crippen LogP contribution in [0, 0.1) is 0 Å². The first kappa shape index (κ1) is 22.4. The first-order valence-corrected chi connectivity index (χ1v) is 10.9. The molecule has 0 aliphatic carbocycles. The molecule has 1 atom stereocenters. The van der Waals surface area contributed by atoms with Gasteiger partial charge in [0, 0.05) is 10.2 Å². The van der Waals surface area contributed by atoms with E-state index in [1.165, 1.54) is 25.1 Å². The van der Waals surface area contributed by atoms with Gasteiger partial charge in [0.15, 0.2) is 6.10 Å². The van der Waals surface area contributed by atoms with Crippen LogP contribution in [0.2, 0.25) is 0 Å². The van der Waals surface area contributed by atoms with Crippen LogP contribution >= 0.6 is 15.9 Å². The largest absolute Gasteiger partial charge is 0.449 e. The first-order chi connectivity index (χ1) is 15.8. The summed E-state index contributed by atoms with van der Waals surface area (Å²) in [7, 11) is 0. The lowest BCUT2D eigenvalue weighted by atomic mass is 10.1. The van der Waals surface area contributed by atoms with Crippen LogP contribution in [0.1, 0.15) is 43.6 Å². The quantitative estimate of drug-likeness (QED) is 0.394. The number of carbonyl (C=O) groups is 4. The Morgan fingerprint density at radius 2 is 1.61 bits per heavy atom. The van der Waals surface area contributed by atoms with Crippen LogP contribution in [-0.2, 0) is 16.1 Å². The average molecular weight is 507 g/mol. The van der Waals surface area contributed by atoms with Crippen molar-refractivity contribution in [1.82, 2.24) is 4.90 Å². The molecule has 7 nitrogen and oxygen atoms in total. The summed E-state index contributed by atoms with van der Waals surface area (Å²) >= 11 is 3.32. The Balaban J connectivity index is 1.44. The Labute approximate surface area is 198 Å². The number of hydrogen-bond acceptors (Lipinski definition) is 5. The monoisotopic (exact) mass is 506 g/mol. The van der Waals surface area contributed by atoms with Crippen LogP contribution in [-0.4, -0.2) is 34.7 Å². The van der Waals surface area contributed by atoms with E-state index in [-0.39, 0.29) is 23.2 Å². The highest BCUT2D eigenvalue weighted by Gasteiger charge is 2.36. The maximum atomic E-state index is 12.8. The summed E-state index contributed by atoms with van der Waals surface area (Å²) in [5.74, 6) is -2.15. The smallest absolute Gasteiger partial charge is 0.338 e. The zero-order chi connectivity index (χ0) is 23.5. The molecule has 1 unspecified atom stereocenters. The summed E-state index contributed by atoms with van der Waals surface area (Å²) in [4.78, 5) is 51.6. The van der Waals surface area contributed by atoms with Gasteiger partial charge in [0.2, 0.25) is 0 Å². The number of fused-ring (bicyclic) bond motifs is 1. The molecule has 33 heavy (non-hydrogen) atoms. The molecule has 3 amide bonds. The number of carbonyl (C=O) groups excluding carboxylic acids is 4. The van der Waals surface area contributed by atoms with Gasteiger partial charge in [0.1, 0.15) is 0 Å². The Bertz CT molecular complexity index is 1240. The van der Waals surface area contributed by atoms with E-state index >= 15 is 0 Å². The maximum Gasteiger partial charge on any atom is 0.338 e. The molecule has 0 saturated carbocycles. The van der Waals surface area contributed by atoms with Gasteiger partial charge in [-0.2, -0.15) is 0 Å². The Hall–Kier alpha value is -3.78. The number of esters is 1. The Morgan fingerprint density at radius 1 is 0.939 bits per heavy atom. The molecule has 3 aromatic carbocycles. The summed E-state index contributed by atoms with van der Waals surface area (Å²) in [6, 6.07) is 20.3. The van der Waals surface area contributed by atoms with Gasteiger partial charge in [0.05, 0.1) is 23.2 Å². The summed E-state index contributed by atoms with van der Waals surface area (Å²) in [5.41, 5.74) is 1.83. The van der Waals surface area contributed by atoms with Gasteiger partial charge in [-0.3, -0.25) is 19.3 Å². The molecule has 0 radical (unpaired) electrons. The number of benzene rings is 3. The summed E-state index contributed by atoms with van der Waals surface area (Å²) in [5, 5.41) is 2.67. The highest BCUT2D eigenvalue weighted by molar-refractivity contribution is 9.10. The number of nitrogens with one attached hydrogen (secondary N) is 1. The average Bonchev–Trinajstić information content (AvgIpc) is 3.05. The molecule has 0 bridgehead atoms. The number of nitrogens with zero attached hydrogens (tertiary/aromatic N) is 1. The standard InChI is InChI=1S/C25H19BrN2O5/c1-15(22(29)27-19-10-8-18(26)9-11-19)33-25(32)17-7-12-20-21(13-17)24(31)28(23(20)30)14-16-5-3-2-4-6-16/h2-13,15H,14H2,1H3,(H,27,29).